The molecule has 0 spiro atoms. The highest BCUT2D eigenvalue weighted by atomic mass is 16.5. The van der Waals surface area contributed by atoms with Gasteiger partial charge in [-0.05, 0) is 19.3 Å². The summed E-state index contributed by atoms with van der Waals surface area (Å²) in [5.74, 6) is 1.25. The standard InChI is InChI=1S/C12H17N3O3/c16-12(17)9-1-2-10-13-14-11(15(10)7-9)8-3-5-18-6-4-8/h8-9H,1-7H2,(H,16,17). The monoisotopic (exact) mass is 251 g/mol. The molecular weight excluding hydrogens is 234 g/mol. The van der Waals surface area contributed by atoms with Gasteiger partial charge in [0.1, 0.15) is 11.6 Å². The van der Waals surface area contributed by atoms with Crippen LogP contribution in [0.5, 0.6) is 0 Å². The number of ether oxygens (including phenoxy) is 1. The second-order valence-electron chi connectivity index (χ2n) is 5.05. The molecule has 6 heteroatoms. The summed E-state index contributed by atoms with van der Waals surface area (Å²) in [7, 11) is 0. The van der Waals surface area contributed by atoms with Crippen LogP contribution in [0.2, 0.25) is 0 Å². The maximum absolute atomic E-state index is 11.1. The van der Waals surface area contributed by atoms with Crippen molar-refractivity contribution in [3.8, 4) is 0 Å². The lowest BCUT2D eigenvalue weighted by molar-refractivity contribution is -0.142. The zero-order valence-electron chi connectivity index (χ0n) is 10.2. The van der Waals surface area contributed by atoms with Gasteiger partial charge in [-0.25, -0.2) is 0 Å². The Hall–Kier alpha value is -1.43. The molecule has 1 fully saturated rings. The molecule has 1 unspecified atom stereocenters. The van der Waals surface area contributed by atoms with Gasteiger partial charge in [-0.15, -0.1) is 10.2 Å². The second kappa shape index (κ2) is 4.68. The molecule has 1 atom stereocenters. The fourth-order valence-electron chi connectivity index (χ4n) is 2.81. The molecule has 3 heterocycles. The number of nitrogens with zero attached hydrogens (tertiary/aromatic N) is 3. The first-order valence-electron chi connectivity index (χ1n) is 6.48. The van der Waals surface area contributed by atoms with Gasteiger partial charge in [0.2, 0.25) is 0 Å². The number of rotatable bonds is 2. The predicted octanol–water partition coefficient (Wildman–Crippen LogP) is 0.819. The van der Waals surface area contributed by atoms with E-state index in [1.807, 2.05) is 4.57 Å². The van der Waals surface area contributed by atoms with Crippen LogP contribution in [0.15, 0.2) is 0 Å². The Kier molecular flexibility index (Phi) is 3.03. The molecule has 1 saturated heterocycles. The normalized spacial score (nSPS) is 24.8. The number of hydrogen-bond donors (Lipinski definition) is 1. The van der Waals surface area contributed by atoms with Crippen molar-refractivity contribution in [1.82, 2.24) is 14.8 Å². The molecule has 3 rings (SSSR count). The van der Waals surface area contributed by atoms with Crippen LogP contribution in [-0.4, -0.2) is 39.1 Å². The fourth-order valence-corrected chi connectivity index (χ4v) is 2.81. The van der Waals surface area contributed by atoms with E-state index in [0.717, 1.165) is 37.7 Å². The van der Waals surface area contributed by atoms with E-state index >= 15 is 0 Å². The first-order valence-corrected chi connectivity index (χ1v) is 6.48. The van der Waals surface area contributed by atoms with Gasteiger partial charge in [-0.1, -0.05) is 0 Å². The van der Waals surface area contributed by atoms with Crippen molar-refractivity contribution >= 4 is 5.97 Å². The largest absolute Gasteiger partial charge is 0.481 e. The molecule has 0 radical (unpaired) electrons. The number of hydrogen-bond acceptors (Lipinski definition) is 4. The number of aromatic nitrogens is 3. The van der Waals surface area contributed by atoms with E-state index in [1.54, 1.807) is 0 Å². The average Bonchev–Trinajstić information content (AvgIpc) is 2.82. The minimum atomic E-state index is -0.715. The summed E-state index contributed by atoms with van der Waals surface area (Å²) in [6, 6.07) is 0. The molecule has 2 aliphatic heterocycles. The van der Waals surface area contributed by atoms with Crippen LogP contribution in [0.25, 0.3) is 0 Å². The van der Waals surface area contributed by atoms with Gasteiger partial charge in [0.25, 0.3) is 0 Å². The number of carbonyl (C=O) groups is 1. The molecular formula is C12H17N3O3. The molecule has 18 heavy (non-hydrogen) atoms. The Morgan fingerprint density at radius 1 is 1.28 bits per heavy atom. The highest BCUT2D eigenvalue weighted by molar-refractivity contribution is 5.70. The lowest BCUT2D eigenvalue weighted by atomic mass is 9.96. The van der Waals surface area contributed by atoms with Crippen LogP contribution in [0.4, 0.5) is 0 Å². The van der Waals surface area contributed by atoms with Crippen molar-refractivity contribution in [3.63, 3.8) is 0 Å². The van der Waals surface area contributed by atoms with Gasteiger partial charge in [0.05, 0.1) is 5.92 Å². The van der Waals surface area contributed by atoms with Crippen molar-refractivity contribution in [1.29, 1.82) is 0 Å². The minimum Gasteiger partial charge on any atom is -0.481 e. The highest BCUT2D eigenvalue weighted by Gasteiger charge is 2.30. The van der Waals surface area contributed by atoms with Gasteiger partial charge in [-0.2, -0.15) is 0 Å². The van der Waals surface area contributed by atoms with E-state index in [2.05, 4.69) is 10.2 Å². The summed E-state index contributed by atoms with van der Waals surface area (Å²) < 4.78 is 7.38. The zero-order valence-corrected chi connectivity index (χ0v) is 10.2. The third kappa shape index (κ3) is 2.01. The van der Waals surface area contributed by atoms with Crippen molar-refractivity contribution in [2.45, 2.75) is 38.1 Å². The lowest BCUT2D eigenvalue weighted by Gasteiger charge is -2.25. The summed E-state index contributed by atoms with van der Waals surface area (Å²) in [4.78, 5) is 11.1. The molecule has 1 aromatic rings. The maximum Gasteiger partial charge on any atom is 0.308 e. The van der Waals surface area contributed by atoms with Crippen LogP contribution in [-0.2, 0) is 22.5 Å². The Morgan fingerprint density at radius 2 is 2.06 bits per heavy atom. The Bertz CT molecular complexity index is 451. The summed E-state index contributed by atoms with van der Waals surface area (Å²) in [5.41, 5.74) is 0. The molecule has 0 bridgehead atoms. The van der Waals surface area contributed by atoms with E-state index in [1.165, 1.54) is 0 Å². The summed E-state index contributed by atoms with van der Waals surface area (Å²) in [6.45, 7) is 2.04. The smallest absolute Gasteiger partial charge is 0.308 e. The van der Waals surface area contributed by atoms with E-state index in [4.69, 9.17) is 9.84 Å². The molecule has 2 aliphatic rings. The summed E-state index contributed by atoms with van der Waals surface area (Å²) in [5, 5.41) is 17.6. The number of carboxylic acids is 1. The molecule has 6 nitrogen and oxygen atoms in total. The van der Waals surface area contributed by atoms with Crippen LogP contribution < -0.4 is 0 Å². The van der Waals surface area contributed by atoms with E-state index in [9.17, 15) is 4.79 Å². The molecule has 0 amide bonds. The number of aliphatic carboxylic acids is 1. The number of aryl methyl sites for hydroxylation is 1. The number of carboxylic acid groups (broad SMARTS) is 1. The molecule has 1 aromatic heterocycles. The third-order valence-corrected chi connectivity index (χ3v) is 3.91. The lowest BCUT2D eigenvalue weighted by Crippen LogP contribution is -2.29. The topological polar surface area (TPSA) is 77.2 Å². The molecule has 98 valence electrons. The van der Waals surface area contributed by atoms with Gasteiger partial charge < -0.3 is 14.4 Å². The van der Waals surface area contributed by atoms with Crippen molar-refractivity contribution < 1.29 is 14.6 Å². The van der Waals surface area contributed by atoms with E-state index in [0.29, 0.717) is 25.3 Å². The van der Waals surface area contributed by atoms with Crippen LogP contribution in [0.1, 0.15) is 36.8 Å². The first kappa shape index (κ1) is 11.6. The average molecular weight is 251 g/mol. The predicted molar refractivity (Wildman–Crippen MR) is 62.3 cm³/mol. The third-order valence-electron chi connectivity index (χ3n) is 3.91. The van der Waals surface area contributed by atoms with E-state index < -0.39 is 5.97 Å². The minimum absolute atomic E-state index is 0.299. The molecule has 0 saturated carbocycles. The van der Waals surface area contributed by atoms with Crippen LogP contribution in [0, 0.1) is 5.92 Å². The van der Waals surface area contributed by atoms with Crippen molar-refractivity contribution in [2.24, 2.45) is 5.92 Å². The zero-order chi connectivity index (χ0) is 12.5. The first-order chi connectivity index (χ1) is 8.75. The molecule has 0 aliphatic carbocycles. The van der Waals surface area contributed by atoms with Gasteiger partial charge in [0, 0.05) is 32.1 Å². The Labute approximate surface area is 105 Å². The van der Waals surface area contributed by atoms with E-state index in [-0.39, 0.29) is 5.92 Å². The van der Waals surface area contributed by atoms with Crippen LogP contribution in [0.3, 0.4) is 0 Å². The molecule has 0 aromatic carbocycles. The highest BCUT2D eigenvalue weighted by Crippen LogP contribution is 2.29. The SMILES string of the molecule is O=C(O)C1CCc2nnc(C3CCOCC3)n2C1. The summed E-state index contributed by atoms with van der Waals surface area (Å²) in [6.07, 6.45) is 3.29. The summed E-state index contributed by atoms with van der Waals surface area (Å²) >= 11 is 0. The Balaban J connectivity index is 1.84. The van der Waals surface area contributed by atoms with Gasteiger partial charge in [0.15, 0.2) is 0 Å². The van der Waals surface area contributed by atoms with Crippen molar-refractivity contribution in [3.05, 3.63) is 11.6 Å². The molecule has 1 N–H and O–H groups in total. The quantitative estimate of drug-likeness (QED) is 0.842. The van der Waals surface area contributed by atoms with Gasteiger partial charge in [-0.3, -0.25) is 4.79 Å². The second-order valence-corrected chi connectivity index (χ2v) is 5.05. The maximum atomic E-state index is 11.1. The van der Waals surface area contributed by atoms with Gasteiger partial charge >= 0.3 is 5.97 Å². The fraction of sp³-hybridized carbons (Fsp3) is 0.750. The van der Waals surface area contributed by atoms with Crippen LogP contribution >= 0.6 is 0 Å². The Morgan fingerprint density at radius 3 is 2.78 bits per heavy atom. The number of fused-ring (bicyclic) bond motifs is 1. The van der Waals surface area contributed by atoms with Crippen molar-refractivity contribution in [2.75, 3.05) is 13.2 Å².